The summed E-state index contributed by atoms with van der Waals surface area (Å²) in [5.74, 6) is 0. The lowest BCUT2D eigenvalue weighted by molar-refractivity contribution is 1.18. The molecule has 5 heteroatoms. The number of fused-ring (bicyclic) bond motifs is 7. The molecular weight excluding hydrogens is 1020 g/mol. The molecule has 0 saturated carbocycles. The predicted octanol–water partition coefficient (Wildman–Crippen LogP) is 18.7. The number of aromatic nitrogens is 1. The van der Waals surface area contributed by atoms with Gasteiger partial charge in [0.1, 0.15) is 0 Å². The van der Waals surface area contributed by atoms with E-state index >= 15 is 0 Å². The Hall–Kier alpha value is -11.2. The molecule has 2 aliphatic heterocycles. The Morgan fingerprint density at radius 3 is 1.23 bits per heavy atom. The first-order chi connectivity index (χ1) is 41.6. The molecular formula is C79H51BN4. The maximum atomic E-state index is 9.97. The molecule has 0 bridgehead atoms. The fourth-order valence-corrected chi connectivity index (χ4v) is 13.4. The van der Waals surface area contributed by atoms with Gasteiger partial charge in [0.2, 0.25) is 0 Å². The van der Waals surface area contributed by atoms with Gasteiger partial charge in [-0.2, -0.15) is 5.26 Å². The summed E-state index contributed by atoms with van der Waals surface area (Å²) in [6.07, 6.45) is 0. The average molecular weight is 1070 g/mol. The molecule has 0 atom stereocenters. The van der Waals surface area contributed by atoms with Crippen molar-refractivity contribution in [2.24, 2.45) is 0 Å². The van der Waals surface area contributed by atoms with Crippen molar-refractivity contribution in [3.05, 3.63) is 315 Å². The summed E-state index contributed by atoms with van der Waals surface area (Å²) in [6.45, 7) is -0.0740. The van der Waals surface area contributed by atoms with E-state index in [1.165, 1.54) is 16.4 Å². The minimum absolute atomic E-state index is 0.0740. The van der Waals surface area contributed by atoms with Crippen LogP contribution in [-0.4, -0.2) is 11.3 Å². The Kier molecular flexibility index (Phi) is 11.7. The molecule has 0 fully saturated rings. The summed E-state index contributed by atoms with van der Waals surface area (Å²) in [6, 6.07) is 115. The average Bonchev–Trinajstić information content (AvgIpc) is 1.11. The number of hydrogen-bond acceptors (Lipinski definition) is 3. The highest BCUT2D eigenvalue weighted by molar-refractivity contribution is 7.00. The molecule has 4 nitrogen and oxygen atoms in total. The Bertz CT molecular complexity index is 4610. The monoisotopic (exact) mass is 1070 g/mol. The third-order valence-electron chi connectivity index (χ3n) is 17.1. The summed E-state index contributed by atoms with van der Waals surface area (Å²) >= 11 is 0. The van der Waals surface area contributed by atoms with E-state index in [1.54, 1.807) is 0 Å². The van der Waals surface area contributed by atoms with Crippen molar-refractivity contribution in [2.45, 2.75) is 0 Å². The topological polar surface area (TPSA) is 35.2 Å². The van der Waals surface area contributed by atoms with Crippen molar-refractivity contribution in [3.8, 4) is 78.5 Å². The molecule has 0 N–H and O–H groups in total. The zero-order valence-corrected chi connectivity index (χ0v) is 45.8. The fraction of sp³-hybridized carbons (Fsp3) is 0. The Balaban J connectivity index is 0.987. The number of benzene rings is 13. The molecule has 0 unspecified atom stereocenters. The van der Waals surface area contributed by atoms with Crippen LogP contribution >= 0.6 is 0 Å². The first kappa shape index (κ1) is 48.7. The molecule has 84 heavy (non-hydrogen) atoms. The minimum atomic E-state index is -0.0740. The number of nitriles is 1. The highest BCUT2D eigenvalue weighted by Gasteiger charge is 2.44. The molecule has 13 aromatic carbocycles. The van der Waals surface area contributed by atoms with E-state index < -0.39 is 0 Å². The van der Waals surface area contributed by atoms with E-state index in [0.29, 0.717) is 5.56 Å². The quantitative estimate of drug-likeness (QED) is 0.135. The van der Waals surface area contributed by atoms with Crippen LogP contribution in [0, 0.1) is 11.3 Å². The number of anilines is 6. The van der Waals surface area contributed by atoms with E-state index in [4.69, 9.17) is 0 Å². The molecule has 16 rings (SSSR count). The largest absolute Gasteiger partial charge is 0.311 e. The Labute approximate surface area is 489 Å². The van der Waals surface area contributed by atoms with Crippen molar-refractivity contribution in [2.75, 3.05) is 9.80 Å². The van der Waals surface area contributed by atoms with Crippen LogP contribution in [0.1, 0.15) is 5.56 Å². The van der Waals surface area contributed by atoms with Gasteiger partial charge < -0.3 is 14.4 Å². The summed E-state index contributed by atoms with van der Waals surface area (Å²) < 4.78 is 2.40. The van der Waals surface area contributed by atoms with Crippen LogP contribution in [0.15, 0.2) is 309 Å². The first-order valence-corrected chi connectivity index (χ1v) is 28.7. The minimum Gasteiger partial charge on any atom is -0.311 e. The summed E-state index contributed by atoms with van der Waals surface area (Å²) in [5.41, 5.74) is 27.9. The Morgan fingerprint density at radius 1 is 0.274 bits per heavy atom. The third-order valence-corrected chi connectivity index (χ3v) is 17.1. The van der Waals surface area contributed by atoms with Gasteiger partial charge in [0, 0.05) is 50.5 Å². The van der Waals surface area contributed by atoms with Crippen LogP contribution in [0.5, 0.6) is 0 Å². The van der Waals surface area contributed by atoms with Crippen molar-refractivity contribution < 1.29 is 0 Å². The van der Waals surface area contributed by atoms with Gasteiger partial charge in [0.15, 0.2) is 0 Å². The molecule has 0 radical (unpaired) electrons. The SMILES string of the molecule is N#Cc1cccc(-c2ccccc2-n2c3ccccc3c3cc(-c4cc5c6c(c4)N(c4cc(-c7ccccc7)cc(-c7ccccc7)c4)c4ccccc4B6c4ccccc4N5c4cc(-c5ccccc5)cc(-c5ccccc5)c4)ccc32)c1. The third kappa shape index (κ3) is 8.15. The van der Waals surface area contributed by atoms with E-state index in [9.17, 15) is 5.26 Å². The van der Waals surface area contributed by atoms with Crippen LogP contribution in [0.3, 0.4) is 0 Å². The van der Waals surface area contributed by atoms with Gasteiger partial charge in [-0.25, -0.2) is 0 Å². The highest BCUT2D eigenvalue weighted by atomic mass is 15.2. The van der Waals surface area contributed by atoms with E-state index in [1.807, 2.05) is 18.2 Å². The van der Waals surface area contributed by atoms with Gasteiger partial charge in [-0.3, -0.25) is 0 Å². The number of hydrogen-bond donors (Lipinski definition) is 0. The molecule has 14 aromatic rings. The normalized spacial score (nSPS) is 12.2. The lowest BCUT2D eigenvalue weighted by Crippen LogP contribution is -2.61. The van der Waals surface area contributed by atoms with Crippen LogP contribution in [-0.2, 0) is 0 Å². The maximum Gasteiger partial charge on any atom is 0.252 e. The second-order valence-electron chi connectivity index (χ2n) is 21.9. The van der Waals surface area contributed by atoms with Crippen molar-refractivity contribution in [1.29, 1.82) is 5.26 Å². The number of para-hydroxylation sites is 4. The van der Waals surface area contributed by atoms with Crippen LogP contribution < -0.4 is 26.2 Å². The zero-order valence-electron chi connectivity index (χ0n) is 45.8. The summed E-state index contributed by atoms with van der Waals surface area (Å²) in [4.78, 5) is 5.11. The molecule has 1 aromatic heterocycles. The second kappa shape index (κ2) is 20.1. The highest BCUT2D eigenvalue weighted by Crippen LogP contribution is 2.49. The van der Waals surface area contributed by atoms with E-state index in [0.717, 1.165) is 128 Å². The first-order valence-electron chi connectivity index (χ1n) is 28.7. The molecule has 0 aliphatic carbocycles. The van der Waals surface area contributed by atoms with E-state index in [2.05, 4.69) is 312 Å². The molecule has 0 saturated heterocycles. The van der Waals surface area contributed by atoms with Crippen LogP contribution in [0.25, 0.3) is 94.3 Å². The molecule has 3 heterocycles. The molecule has 0 spiro atoms. The van der Waals surface area contributed by atoms with Crippen LogP contribution in [0.4, 0.5) is 34.1 Å². The summed E-state index contributed by atoms with van der Waals surface area (Å²) in [5, 5.41) is 12.3. The van der Waals surface area contributed by atoms with Crippen LogP contribution in [0.2, 0.25) is 0 Å². The molecule has 0 amide bonds. The van der Waals surface area contributed by atoms with Gasteiger partial charge in [-0.05, 0) is 175 Å². The maximum absolute atomic E-state index is 9.97. The predicted molar refractivity (Wildman–Crippen MR) is 352 cm³/mol. The standard InChI is InChI=1S/C79H51BN4/c81-52-53-22-21-31-59(42-53)67-32-13-17-36-72(67)84-73-37-18-14-33-68(73)69-49-58(40-41-74(69)84)64-50-77-79-78(51-64)83(66-47-62(56-27-9-3-10-28-56)44-63(48-66)57-29-11-4-12-30-57)76-39-20-16-35-71(76)80(79)70-34-15-19-38-75(70)82(77)65-45-60(54-23-5-1-6-24-54)43-61(46-65)55-25-7-2-8-26-55/h1-51H. The lowest BCUT2D eigenvalue weighted by atomic mass is 9.33. The second-order valence-corrected chi connectivity index (χ2v) is 21.9. The van der Waals surface area contributed by atoms with Gasteiger partial charge in [0.25, 0.3) is 6.71 Å². The van der Waals surface area contributed by atoms with Gasteiger partial charge in [-0.15, -0.1) is 0 Å². The van der Waals surface area contributed by atoms with Gasteiger partial charge >= 0.3 is 0 Å². The molecule has 2 aliphatic rings. The van der Waals surface area contributed by atoms with Gasteiger partial charge in [-0.1, -0.05) is 212 Å². The molecule has 390 valence electrons. The van der Waals surface area contributed by atoms with Crippen molar-refractivity contribution in [1.82, 2.24) is 4.57 Å². The van der Waals surface area contributed by atoms with Crippen molar-refractivity contribution >= 4 is 79.0 Å². The van der Waals surface area contributed by atoms with E-state index in [-0.39, 0.29) is 6.71 Å². The number of nitrogens with zero attached hydrogens (tertiary/aromatic N) is 4. The van der Waals surface area contributed by atoms with Gasteiger partial charge in [0.05, 0.1) is 28.4 Å². The Morgan fingerprint density at radius 2 is 0.702 bits per heavy atom. The van der Waals surface area contributed by atoms with Crippen molar-refractivity contribution in [3.63, 3.8) is 0 Å². The lowest BCUT2D eigenvalue weighted by Gasteiger charge is -2.44. The fourth-order valence-electron chi connectivity index (χ4n) is 13.4. The zero-order chi connectivity index (χ0) is 55.7. The number of rotatable bonds is 9. The smallest absolute Gasteiger partial charge is 0.252 e. The summed E-state index contributed by atoms with van der Waals surface area (Å²) in [7, 11) is 0.